The number of methoxy groups -OCH3 is 2. The molecule has 0 radical (unpaired) electrons. The Morgan fingerprint density at radius 1 is 0.930 bits per heavy atom. The largest absolute Gasteiger partial charge is 0.497 e. The number of aliphatic imine (C=N–C) groups is 1. The highest BCUT2D eigenvalue weighted by molar-refractivity contribution is 7.90. The van der Waals surface area contributed by atoms with Gasteiger partial charge in [0.25, 0.3) is 30.4 Å². The molecule has 2 unspecified atom stereocenters. The van der Waals surface area contributed by atoms with E-state index in [-0.39, 0.29) is 53.3 Å². The zero-order chi connectivity index (χ0) is 54.4. The van der Waals surface area contributed by atoms with E-state index in [4.69, 9.17) is 23.7 Å². The van der Waals surface area contributed by atoms with Gasteiger partial charge in [-0.2, -0.15) is 45.7 Å². The van der Waals surface area contributed by atoms with Crippen LogP contribution < -0.4 is 4.74 Å². The average Bonchev–Trinajstić information content (AvgIpc) is 3.30. The van der Waals surface area contributed by atoms with Gasteiger partial charge in [-0.3, -0.25) is 28.5 Å². The van der Waals surface area contributed by atoms with Crippen molar-refractivity contribution in [2.45, 2.75) is 78.3 Å². The van der Waals surface area contributed by atoms with Crippen molar-refractivity contribution in [3.63, 3.8) is 0 Å². The molecule has 1 heterocycles. The summed E-state index contributed by atoms with van der Waals surface area (Å²) >= 11 is 0. The summed E-state index contributed by atoms with van der Waals surface area (Å²) in [6, 6.07) is 6.12. The number of rotatable bonds is 22. The molecule has 5 N–H and O–H groups in total. The van der Waals surface area contributed by atoms with Crippen LogP contribution in [-0.2, 0) is 51.3 Å². The van der Waals surface area contributed by atoms with Crippen molar-refractivity contribution < 1.29 is 68.2 Å². The van der Waals surface area contributed by atoms with Crippen LogP contribution >= 0.6 is 0 Å². The number of Topliss-reactive ketones (excluding diaryl/α,β-unsaturated/α-hetero) is 1. The Hall–Kier alpha value is -6.45. The van der Waals surface area contributed by atoms with E-state index in [9.17, 15) is 44.5 Å². The first-order valence-corrected chi connectivity index (χ1v) is 25.4. The molecule has 0 saturated heterocycles. The quantitative estimate of drug-likeness (QED) is 0.0318. The second kappa shape index (κ2) is 29.0. The van der Waals surface area contributed by atoms with Gasteiger partial charge in [-0.15, -0.1) is 5.11 Å². The number of aryl methyl sites for hydroxylation is 1. The predicted octanol–water partition coefficient (Wildman–Crippen LogP) is 8.75. The van der Waals surface area contributed by atoms with Gasteiger partial charge in [0, 0.05) is 24.4 Å². The zero-order valence-electron chi connectivity index (χ0n) is 40.7. The molecule has 0 fully saturated rings. The lowest BCUT2D eigenvalue weighted by Crippen LogP contribution is -2.42. The number of ketones is 1. The number of azo groups is 2. The predicted molar refractivity (Wildman–Crippen MR) is 270 cm³/mol. The van der Waals surface area contributed by atoms with Gasteiger partial charge in [-0.05, 0) is 113 Å². The fourth-order valence-electron chi connectivity index (χ4n) is 5.80. The van der Waals surface area contributed by atoms with E-state index in [2.05, 4.69) is 57.0 Å². The second-order valence-corrected chi connectivity index (χ2v) is 19.4. The summed E-state index contributed by atoms with van der Waals surface area (Å²) in [4.78, 5) is 26.1. The van der Waals surface area contributed by atoms with E-state index in [1.54, 1.807) is 25.1 Å². The fraction of sp³-hybridized carbons (Fsp3) is 0.348. The number of ether oxygens (including phenoxy) is 2. The van der Waals surface area contributed by atoms with Crippen LogP contribution in [0.2, 0.25) is 0 Å². The Morgan fingerprint density at radius 3 is 2.04 bits per heavy atom. The van der Waals surface area contributed by atoms with Crippen LogP contribution in [0.5, 0.6) is 5.75 Å². The molecule has 22 nitrogen and oxygen atoms in total. The SMILES string of the molecule is C=C(C(C)N=Nc1cc(C)c(N=Nc2ccc(OC)cc2S(=O)(=O)O)cc1COC)S(=O)(=O)O.C=C/C(=C\C=C(/C)S(=O)(=O)O)N1CC(=O)C(CCC)C(C(=O)O)=N1.C=C/C(CC)=C(\C=C(/C)N=C)CO. The highest BCUT2D eigenvalue weighted by Crippen LogP contribution is 2.34. The summed E-state index contributed by atoms with van der Waals surface area (Å²) in [6.07, 6.45) is 9.20. The summed E-state index contributed by atoms with van der Waals surface area (Å²) in [5.74, 6) is -2.11. The van der Waals surface area contributed by atoms with Crippen molar-refractivity contribution in [1.29, 1.82) is 0 Å². The number of aliphatic hydroxyl groups is 1. The third-order valence-corrected chi connectivity index (χ3v) is 12.7. The number of benzene rings is 2. The molecule has 388 valence electrons. The van der Waals surface area contributed by atoms with Crippen LogP contribution in [-0.4, -0.2) is 112 Å². The number of hydrazone groups is 1. The summed E-state index contributed by atoms with van der Waals surface area (Å²) in [7, 11) is -10.6. The van der Waals surface area contributed by atoms with Gasteiger partial charge in [-0.1, -0.05) is 46.1 Å². The molecule has 3 rings (SSSR count). The van der Waals surface area contributed by atoms with Crippen LogP contribution in [0.3, 0.4) is 0 Å². The summed E-state index contributed by atoms with van der Waals surface area (Å²) in [5.41, 5.74) is 4.43. The molecule has 1 aliphatic rings. The minimum atomic E-state index is -4.59. The number of hydrogen-bond acceptors (Lipinski definition) is 18. The molecule has 0 saturated carbocycles. The van der Waals surface area contributed by atoms with Gasteiger partial charge in [0.1, 0.15) is 28.9 Å². The topological polar surface area (TPSA) is 334 Å². The third kappa shape index (κ3) is 20.1. The normalized spacial score (nSPS) is 15.7. The van der Waals surface area contributed by atoms with Gasteiger partial charge >= 0.3 is 5.97 Å². The maximum Gasteiger partial charge on any atom is 0.352 e. The molecule has 2 aromatic rings. The number of carbonyl (C=O) groups is 2. The Kier molecular flexibility index (Phi) is 25.6. The van der Waals surface area contributed by atoms with Crippen LogP contribution in [0, 0.1) is 12.8 Å². The van der Waals surface area contributed by atoms with Crippen molar-refractivity contribution >= 4 is 71.6 Å². The highest BCUT2D eigenvalue weighted by Gasteiger charge is 2.35. The number of aliphatic carboxylic acids is 1. The lowest BCUT2D eigenvalue weighted by molar-refractivity contribution is -0.132. The average molecular weight is 1050 g/mol. The number of carboxylic acids is 1. The fourth-order valence-corrected chi connectivity index (χ4v) is 7.16. The molecule has 0 amide bonds. The molecule has 2 atom stereocenters. The molecule has 0 spiro atoms. The molecule has 0 aliphatic carbocycles. The number of carbonyl (C=O) groups excluding carboxylic acids is 1. The molecular formula is C46H61N7O15S3. The number of carboxylic acid groups (broad SMARTS) is 1. The molecule has 71 heavy (non-hydrogen) atoms. The molecular weight excluding hydrogens is 987 g/mol. The molecule has 0 bridgehead atoms. The number of aliphatic hydroxyl groups excluding tert-OH is 1. The standard InChI is InChI=1S/C20H24N4O8S2.C15H20N2O6S.C11H17NO/c1-12-8-19(24-21-13(2)14(3)33(25,26)27)15(11-31-4)9-18(12)23-22-17-7-6-16(32-5)10-20(17)34(28,29)30;1-4-6-12-13(18)9-17(16-14(12)15(19)20)11(5-2)8-7-10(3)24(21,22)23;1-5-10(6-2)11(8-13)7-9(3)12-4/h6-10,13H,3,11H2,1-2,4-5H3,(H,25,26,27)(H,28,29,30);5,7-8,12H,2,4,6,9H2,1,3H3,(H,19,20)(H,21,22,23);5,7,13H,1,4,6,8H2,2-3H3/b;10-7+,11-8+;9-7+,11-10-. The Labute approximate surface area is 415 Å². The molecule has 25 heteroatoms. The van der Waals surface area contributed by atoms with Crippen molar-refractivity contribution in [2.24, 2.45) is 36.5 Å². The van der Waals surface area contributed by atoms with Crippen LogP contribution in [0.25, 0.3) is 0 Å². The minimum absolute atomic E-state index is 0.0159. The van der Waals surface area contributed by atoms with E-state index in [0.29, 0.717) is 35.3 Å². The minimum Gasteiger partial charge on any atom is -0.497 e. The van der Waals surface area contributed by atoms with E-state index in [0.717, 1.165) is 40.4 Å². The Balaban J connectivity index is 0.000000591. The summed E-state index contributed by atoms with van der Waals surface area (Å²) < 4.78 is 105. The first-order chi connectivity index (χ1) is 33.1. The van der Waals surface area contributed by atoms with Gasteiger partial charge in [0.05, 0.1) is 53.1 Å². The van der Waals surface area contributed by atoms with E-state index >= 15 is 0 Å². The van der Waals surface area contributed by atoms with Gasteiger partial charge in [-0.25, -0.2) is 4.79 Å². The summed E-state index contributed by atoms with van der Waals surface area (Å²) in [6.45, 7) is 23.9. The number of hydrogen-bond donors (Lipinski definition) is 5. The second-order valence-electron chi connectivity index (χ2n) is 15.0. The van der Waals surface area contributed by atoms with Crippen molar-refractivity contribution in [2.75, 3.05) is 27.4 Å². The first-order valence-electron chi connectivity index (χ1n) is 21.1. The van der Waals surface area contributed by atoms with Gasteiger partial charge < -0.3 is 19.7 Å². The van der Waals surface area contributed by atoms with Crippen molar-refractivity contribution in [3.05, 3.63) is 124 Å². The van der Waals surface area contributed by atoms with Crippen LogP contribution in [0.15, 0.2) is 148 Å². The maximum absolute atomic E-state index is 12.2. The molecule has 1 aliphatic heterocycles. The van der Waals surface area contributed by atoms with Crippen LogP contribution in [0.1, 0.15) is 65.0 Å². The first kappa shape index (κ1) is 62.6. The van der Waals surface area contributed by atoms with Gasteiger partial charge in [0.15, 0.2) is 11.5 Å². The Morgan fingerprint density at radius 2 is 1.56 bits per heavy atom. The van der Waals surface area contributed by atoms with Crippen molar-refractivity contribution in [1.82, 2.24) is 5.01 Å². The number of nitrogens with zero attached hydrogens (tertiary/aromatic N) is 7. The zero-order valence-corrected chi connectivity index (χ0v) is 43.1. The molecule has 0 aromatic heterocycles. The summed E-state index contributed by atoms with van der Waals surface area (Å²) in [5, 5.41) is 39.5. The van der Waals surface area contributed by atoms with Crippen molar-refractivity contribution in [3.8, 4) is 5.75 Å². The highest BCUT2D eigenvalue weighted by atomic mass is 32.2. The molecule has 2 aromatic carbocycles. The monoisotopic (exact) mass is 1050 g/mol. The lowest BCUT2D eigenvalue weighted by Gasteiger charge is -2.28. The third-order valence-electron chi connectivity index (χ3n) is 9.84. The smallest absolute Gasteiger partial charge is 0.352 e. The number of allylic oxidation sites excluding steroid dienone is 7. The Bertz CT molecular complexity index is 2880. The van der Waals surface area contributed by atoms with E-state index < -0.39 is 58.1 Å². The van der Waals surface area contributed by atoms with Gasteiger partial charge in [0.2, 0.25) is 0 Å². The lowest BCUT2D eigenvalue weighted by atomic mass is 9.91. The van der Waals surface area contributed by atoms with Crippen LogP contribution in [0.4, 0.5) is 17.1 Å². The maximum atomic E-state index is 12.2. The van der Waals surface area contributed by atoms with E-state index in [1.165, 1.54) is 52.4 Å². The van der Waals surface area contributed by atoms with E-state index in [1.807, 2.05) is 26.8 Å².